The predicted octanol–water partition coefficient (Wildman–Crippen LogP) is 3.13. The number of nitrogens with one attached hydrogen (secondary N) is 1. The van der Waals surface area contributed by atoms with Gasteiger partial charge in [-0.25, -0.2) is 4.99 Å². The van der Waals surface area contributed by atoms with Crippen LogP contribution in [0.4, 0.5) is 0 Å². The van der Waals surface area contributed by atoms with E-state index < -0.39 is 0 Å². The van der Waals surface area contributed by atoms with Gasteiger partial charge in [0.25, 0.3) is 0 Å². The molecule has 14 heavy (non-hydrogen) atoms. The minimum absolute atomic E-state index is 0.633. The molecular formula is C12H22N2. The lowest BCUT2D eigenvalue weighted by Gasteiger charge is -2.06. The van der Waals surface area contributed by atoms with Crippen molar-refractivity contribution in [1.82, 2.24) is 5.32 Å². The first-order chi connectivity index (χ1) is 6.61. The molecule has 0 aromatic heterocycles. The van der Waals surface area contributed by atoms with Crippen molar-refractivity contribution in [2.75, 3.05) is 6.54 Å². The van der Waals surface area contributed by atoms with Gasteiger partial charge in [-0.15, -0.1) is 0 Å². The maximum absolute atomic E-state index is 4.16. The number of rotatable bonds is 6. The van der Waals surface area contributed by atoms with Crippen LogP contribution < -0.4 is 5.32 Å². The zero-order chi connectivity index (χ0) is 11.0. The summed E-state index contributed by atoms with van der Waals surface area (Å²) in [5, 5.41) is 3.04. The normalized spacial score (nSPS) is 14.4. The molecular weight excluding hydrogens is 172 g/mol. The van der Waals surface area contributed by atoms with Crippen LogP contribution in [0.25, 0.3) is 0 Å². The Hall–Kier alpha value is -1.05. The number of hydrogen-bond acceptors (Lipinski definition) is 2. The van der Waals surface area contributed by atoms with Gasteiger partial charge in [-0.2, -0.15) is 0 Å². The number of allylic oxidation sites excluding steroid dienone is 2. The molecule has 0 heterocycles. The fourth-order valence-electron chi connectivity index (χ4n) is 0.981. The molecule has 2 heteroatoms. The summed E-state index contributed by atoms with van der Waals surface area (Å²) < 4.78 is 0. The van der Waals surface area contributed by atoms with E-state index in [0.29, 0.717) is 5.92 Å². The van der Waals surface area contributed by atoms with Crippen LogP contribution in [0.5, 0.6) is 0 Å². The maximum atomic E-state index is 4.16. The average molecular weight is 194 g/mol. The van der Waals surface area contributed by atoms with Gasteiger partial charge in [-0.05, 0) is 32.3 Å². The summed E-state index contributed by atoms with van der Waals surface area (Å²) in [6.45, 7) is 13.2. The van der Waals surface area contributed by atoms with Crippen LogP contribution in [-0.2, 0) is 0 Å². The van der Waals surface area contributed by atoms with Crippen molar-refractivity contribution < 1.29 is 0 Å². The topological polar surface area (TPSA) is 24.4 Å². The van der Waals surface area contributed by atoms with E-state index in [1.54, 1.807) is 0 Å². The lowest BCUT2D eigenvalue weighted by molar-refractivity contribution is 0.656. The van der Waals surface area contributed by atoms with Gasteiger partial charge in [0, 0.05) is 12.8 Å². The van der Waals surface area contributed by atoms with Gasteiger partial charge in [-0.3, -0.25) is 0 Å². The van der Waals surface area contributed by atoms with Crippen molar-refractivity contribution >= 4 is 6.21 Å². The third-order valence-corrected chi connectivity index (χ3v) is 2.34. The Morgan fingerprint density at radius 1 is 1.50 bits per heavy atom. The fraction of sp³-hybridized carbons (Fsp3) is 0.583. The van der Waals surface area contributed by atoms with Gasteiger partial charge in [0.05, 0.1) is 0 Å². The van der Waals surface area contributed by atoms with Crippen molar-refractivity contribution in [3.63, 3.8) is 0 Å². The molecule has 0 spiro atoms. The van der Waals surface area contributed by atoms with E-state index in [0.717, 1.165) is 12.4 Å². The Morgan fingerprint density at radius 2 is 2.14 bits per heavy atom. The largest absolute Gasteiger partial charge is 0.371 e. The van der Waals surface area contributed by atoms with Crippen LogP contribution in [0.2, 0.25) is 0 Å². The summed E-state index contributed by atoms with van der Waals surface area (Å²) in [4.78, 5) is 4.16. The second kappa shape index (κ2) is 7.36. The van der Waals surface area contributed by atoms with Gasteiger partial charge in [-0.1, -0.05) is 26.0 Å². The molecule has 0 rings (SSSR count). The highest BCUT2D eigenvalue weighted by atomic mass is 15.0. The minimum Gasteiger partial charge on any atom is -0.371 e. The van der Waals surface area contributed by atoms with Gasteiger partial charge in [0.15, 0.2) is 0 Å². The second-order valence-corrected chi connectivity index (χ2v) is 3.48. The minimum atomic E-state index is 0.633. The maximum Gasteiger partial charge on any atom is 0.118 e. The van der Waals surface area contributed by atoms with Gasteiger partial charge in [0.1, 0.15) is 5.82 Å². The Balaban J connectivity index is 4.07. The molecule has 0 amide bonds. The average Bonchev–Trinajstić information content (AvgIpc) is 2.16. The molecule has 2 nitrogen and oxygen atoms in total. The molecule has 0 fully saturated rings. The zero-order valence-electron chi connectivity index (χ0n) is 9.80. The van der Waals surface area contributed by atoms with Crippen molar-refractivity contribution in [3.8, 4) is 0 Å². The Bertz CT molecular complexity index is 226. The first-order valence-corrected chi connectivity index (χ1v) is 5.25. The van der Waals surface area contributed by atoms with E-state index >= 15 is 0 Å². The van der Waals surface area contributed by atoms with Crippen LogP contribution >= 0.6 is 0 Å². The SMILES string of the molecule is C=C(/N=C\C=C(/C)C(C)CC)NCC. The molecule has 0 aromatic rings. The molecule has 0 aliphatic carbocycles. The highest BCUT2D eigenvalue weighted by Gasteiger charge is 1.98. The molecule has 1 unspecified atom stereocenters. The van der Waals surface area contributed by atoms with E-state index in [1.165, 1.54) is 12.0 Å². The molecule has 0 radical (unpaired) electrons. The highest BCUT2D eigenvalue weighted by Crippen LogP contribution is 2.11. The van der Waals surface area contributed by atoms with Crippen molar-refractivity contribution in [1.29, 1.82) is 0 Å². The molecule has 0 aliphatic heterocycles. The van der Waals surface area contributed by atoms with Crippen LogP contribution in [0.1, 0.15) is 34.1 Å². The third kappa shape index (κ3) is 5.57. The van der Waals surface area contributed by atoms with E-state index in [2.05, 4.69) is 43.7 Å². The van der Waals surface area contributed by atoms with Crippen molar-refractivity contribution in [3.05, 3.63) is 24.0 Å². The molecule has 0 aliphatic rings. The lowest BCUT2D eigenvalue weighted by Crippen LogP contribution is -2.08. The Labute approximate surface area is 87.8 Å². The van der Waals surface area contributed by atoms with Crippen LogP contribution in [0, 0.1) is 5.92 Å². The monoisotopic (exact) mass is 194 g/mol. The summed E-state index contributed by atoms with van der Waals surface area (Å²) >= 11 is 0. The first-order valence-electron chi connectivity index (χ1n) is 5.25. The third-order valence-electron chi connectivity index (χ3n) is 2.34. The van der Waals surface area contributed by atoms with E-state index in [9.17, 15) is 0 Å². The molecule has 80 valence electrons. The summed E-state index contributed by atoms with van der Waals surface area (Å²) in [6.07, 6.45) is 5.04. The van der Waals surface area contributed by atoms with E-state index in [-0.39, 0.29) is 0 Å². The predicted molar refractivity (Wildman–Crippen MR) is 64.5 cm³/mol. The van der Waals surface area contributed by atoms with Crippen molar-refractivity contribution in [2.45, 2.75) is 34.1 Å². The summed E-state index contributed by atoms with van der Waals surface area (Å²) in [6, 6.07) is 0. The fourth-order valence-corrected chi connectivity index (χ4v) is 0.981. The number of nitrogens with zero attached hydrogens (tertiary/aromatic N) is 1. The quantitative estimate of drug-likeness (QED) is 0.645. The van der Waals surface area contributed by atoms with Crippen LogP contribution in [0.15, 0.2) is 29.0 Å². The number of aliphatic imine (C=N–C) groups is 1. The van der Waals surface area contributed by atoms with Crippen molar-refractivity contribution in [2.24, 2.45) is 10.9 Å². The van der Waals surface area contributed by atoms with E-state index in [1.807, 2.05) is 13.1 Å². The standard InChI is InChI=1S/C12H22N2/c1-6-10(3)11(4)8-9-14-12(5)13-7-2/h8-10,13H,5-7H2,1-4H3/b11-8+,14-9-. The van der Waals surface area contributed by atoms with Gasteiger partial charge < -0.3 is 5.32 Å². The molecule has 0 bridgehead atoms. The molecule has 1 atom stereocenters. The number of hydrogen-bond donors (Lipinski definition) is 1. The van der Waals surface area contributed by atoms with Gasteiger partial charge >= 0.3 is 0 Å². The molecule has 0 saturated carbocycles. The smallest absolute Gasteiger partial charge is 0.118 e. The lowest BCUT2D eigenvalue weighted by atomic mass is 10.0. The van der Waals surface area contributed by atoms with Crippen LogP contribution in [-0.4, -0.2) is 12.8 Å². The zero-order valence-corrected chi connectivity index (χ0v) is 9.80. The van der Waals surface area contributed by atoms with Crippen LogP contribution in [0.3, 0.4) is 0 Å². The Morgan fingerprint density at radius 3 is 2.64 bits per heavy atom. The molecule has 0 saturated heterocycles. The first kappa shape index (κ1) is 12.9. The second-order valence-electron chi connectivity index (χ2n) is 3.48. The highest BCUT2D eigenvalue weighted by molar-refractivity contribution is 5.73. The molecule has 1 N–H and O–H groups in total. The van der Waals surface area contributed by atoms with Gasteiger partial charge in [0.2, 0.25) is 0 Å². The summed E-state index contributed by atoms with van der Waals surface area (Å²) in [5.41, 5.74) is 1.36. The Kier molecular flexibility index (Phi) is 6.81. The summed E-state index contributed by atoms with van der Waals surface area (Å²) in [7, 11) is 0. The summed E-state index contributed by atoms with van der Waals surface area (Å²) in [5.74, 6) is 1.36. The molecule has 0 aromatic carbocycles. The van der Waals surface area contributed by atoms with E-state index in [4.69, 9.17) is 0 Å².